The Balaban J connectivity index is 1.70. The summed E-state index contributed by atoms with van der Waals surface area (Å²) >= 11 is 0. The first-order chi connectivity index (χ1) is 20.7. The number of ether oxygens (including phenoxy) is 2. The van der Waals surface area contributed by atoms with E-state index in [2.05, 4.69) is 16.8 Å². The lowest BCUT2D eigenvalue weighted by Crippen LogP contribution is -2.48. The molecule has 1 aliphatic heterocycles. The Kier molecular flexibility index (Phi) is 9.13. The van der Waals surface area contributed by atoms with Crippen LogP contribution in [0.1, 0.15) is 39.3 Å². The first-order valence-electron chi connectivity index (χ1n) is 14.7. The average molecular weight is 610 g/mol. The van der Waals surface area contributed by atoms with Crippen LogP contribution in [0.5, 0.6) is 11.5 Å². The van der Waals surface area contributed by atoms with Gasteiger partial charge in [-0.3, -0.25) is 9.36 Å². The van der Waals surface area contributed by atoms with Crippen molar-refractivity contribution in [2.24, 2.45) is 7.05 Å². The predicted molar refractivity (Wildman–Crippen MR) is 165 cm³/mol. The predicted octanol–water partition coefficient (Wildman–Crippen LogP) is 3.26. The molecule has 4 heterocycles. The lowest BCUT2D eigenvalue weighted by Gasteiger charge is -2.33. The highest BCUT2D eigenvalue weighted by atomic mass is 32.2. The molecular weight excluding hydrogens is 570 g/mol. The van der Waals surface area contributed by atoms with Gasteiger partial charge >= 0.3 is 0 Å². The molecule has 0 aliphatic carbocycles. The Labute approximate surface area is 251 Å². The van der Waals surface area contributed by atoms with Gasteiger partial charge in [0.15, 0.2) is 17.1 Å². The van der Waals surface area contributed by atoms with Crippen molar-refractivity contribution in [1.82, 2.24) is 33.5 Å². The number of benzene rings is 1. The summed E-state index contributed by atoms with van der Waals surface area (Å²) in [5, 5.41) is 4.76. The van der Waals surface area contributed by atoms with Crippen LogP contribution >= 0.6 is 0 Å². The molecule has 0 spiro atoms. The van der Waals surface area contributed by atoms with Gasteiger partial charge in [-0.05, 0) is 49.7 Å². The van der Waals surface area contributed by atoms with Crippen LogP contribution in [0.25, 0.3) is 28.2 Å². The fraction of sp³-hybridized carbons (Fsp3) is 0.467. The summed E-state index contributed by atoms with van der Waals surface area (Å²) in [6.07, 6.45) is 3.73. The van der Waals surface area contributed by atoms with E-state index in [1.165, 1.54) is 20.7 Å². The third-order valence-corrected chi connectivity index (χ3v) is 9.60. The van der Waals surface area contributed by atoms with Gasteiger partial charge in [0.2, 0.25) is 10.0 Å². The summed E-state index contributed by atoms with van der Waals surface area (Å²) in [6, 6.07) is 8.31. The first kappa shape index (κ1) is 30.6. The van der Waals surface area contributed by atoms with Crippen LogP contribution in [0.15, 0.2) is 46.2 Å². The zero-order valence-electron chi connectivity index (χ0n) is 25.4. The molecule has 13 heteroatoms. The Morgan fingerprint density at radius 2 is 1.77 bits per heavy atom. The van der Waals surface area contributed by atoms with Gasteiger partial charge < -0.3 is 14.4 Å². The minimum atomic E-state index is -3.79. The molecule has 1 aromatic carbocycles. The van der Waals surface area contributed by atoms with Crippen LogP contribution in [0.4, 0.5) is 0 Å². The van der Waals surface area contributed by atoms with E-state index in [1.54, 1.807) is 43.6 Å². The number of nitrogens with zero attached hydrogens (tertiary/aromatic N) is 7. The quantitative estimate of drug-likeness (QED) is 0.252. The maximum absolute atomic E-state index is 14.1. The second-order valence-corrected chi connectivity index (χ2v) is 12.4. The summed E-state index contributed by atoms with van der Waals surface area (Å²) in [5.41, 5.74) is 1.40. The van der Waals surface area contributed by atoms with Crippen molar-refractivity contribution in [1.29, 1.82) is 0 Å². The minimum Gasteiger partial charge on any atom is -0.493 e. The van der Waals surface area contributed by atoms with Crippen molar-refractivity contribution >= 4 is 21.1 Å². The highest BCUT2D eigenvalue weighted by molar-refractivity contribution is 7.89. The van der Waals surface area contributed by atoms with Gasteiger partial charge in [0.1, 0.15) is 17.1 Å². The van der Waals surface area contributed by atoms with Gasteiger partial charge in [-0.1, -0.05) is 27.2 Å². The molecule has 230 valence electrons. The van der Waals surface area contributed by atoms with Crippen molar-refractivity contribution < 1.29 is 17.9 Å². The number of hydrogen-bond donors (Lipinski definition) is 0. The lowest BCUT2D eigenvalue weighted by atomic mass is 10.1. The second kappa shape index (κ2) is 12.8. The van der Waals surface area contributed by atoms with Gasteiger partial charge in [0, 0.05) is 39.4 Å². The van der Waals surface area contributed by atoms with Crippen molar-refractivity contribution in [3.05, 3.63) is 52.6 Å². The number of aryl methyl sites for hydroxylation is 1. The second-order valence-electron chi connectivity index (χ2n) is 10.5. The summed E-state index contributed by atoms with van der Waals surface area (Å²) in [6.45, 7) is 9.59. The minimum absolute atomic E-state index is 0.133. The Bertz CT molecular complexity index is 1780. The van der Waals surface area contributed by atoms with E-state index in [4.69, 9.17) is 19.6 Å². The number of pyridine rings is 1. The topological polar surface area (TPSA) is 125 Å². The smallest absolute Gasteiger partial charge is 0.280 e. The van der Waals surface area contributed by atoms with E-state index in [0.29, 0.717) is 79.1 Å². The number of methoxy groups -OCH3 is 1. The van der Waals surface area contributed by atoms with Gasteiger partial charge in [0.05, 0.1) is 29.9 Å². The molecule has 0 N–H and O–H groups in total. The third-order valence-electron chi connectivity index (χ3n) is 7.70. The standard InChI is InChI=1S/C30H39N7O5S/c1-6-10-23-26-27(37(33-23)29-25(41-5)11-9-14-31-29)30(38)34(4)28(32-26)22-20-21(12-13-24(22)42-19-7-2)43(39,40)36-17-15-35(8-3)16-18-36/h9,11-14,20H,6-8,10,15-19H2,1-5H3. The molecule has 5 rings (SSSR count). The van der Waals surface area contributed by atoms with E-state index >= 15 is 0 Å². The van der Waals surface area contributed by atoms with Gasteiger partial charge in [-0.15, -0.1) is 0 Å². The van der Waals surface area contributed by atoms with Crippen molar-refractivity contribution in [3.63, 3.8) is 0 Å². The highest BCUT2D eigenvalue weighted by Gasteiger charge is 2.30. The van der Waals surface area contributed by atoms with Crippen LogP contribution < -0.4 is 15.0 Å². The molecule has 1 aliphatic rings. The molecule has 4 aromatic rings. The lowest BCUT2D eigenvalue weighted by molar-refractivity contribution is 0.196. The summed E-state index contributed by atoms with van der Waals surface area (Å²) < 4.78 is 43.5. The van der Waals surface area contributed by atoms with Crippen LogP contribution in [0.3, 0.4) is 0 Å². The average Bonchev–Trinajstić information content (AvgIpc) is 3.39. The summed E-state index contributed by atoms with van der Waals surface area (Å²) in [7, 11) is -0.632. The zero-order chi connectivity index (χ0) is 30.7. The van der Waals surface area contributed by atoms with Crippen molar-refractivity contribution in [2.45, 2.75) is 44.9 Å². The fourth-order valence-electron chi connectivity index (χ4n) is 5.32. The van der Waals surface area contributed by atoms with E-state index in [1.807, 2.05) is 13.8 Å². The Morgan fingerprint density at radius 1 is 1.00 bits per heavy atom. The molecule has 0 saturated carbocycles. The number of fused-ring (bicyclic) bond motifs is 1. The van der Waals surface area contributed by atoms with Gasteiger partial charge in [-0.2, -0.15) is 9.40 Å². The normalized spacial score (nSPS) is 14.8. The van der Waals surface area contributed by atoms with Gasteiger partial charge in [-0.25, -0.2) is 23.1 Å². The van der Waals surface area contributed by atoms with E-state index in [-0.39, 0.29) is 16.0 Å². The van der Waals surface area contributed by atoms with E-state index in [0.717, 1.165) is 19.4 Å². The molecule has 0 amide bonds. The SMILES string of the molecule is CCCOc1ccc(S(=O)(=O)N2CCN(CC)CC2)cc1-c1nc2c(CCC)nn(-c3ncccc3OC)c2c(=O)n1C. The van der Waals surface area contributed by atoms with Crippen molar-refractivity contribution in [3.8, 4) is 28.7 Å². The third kappa shape index (κ3) is 5.76. The maximum atomic E-state index is 14.1. The molecule has 1 fully saturated rings. The van der Waals surface area contributed by atoms with E-state index in [9.17, 15) is 13.2 Å². The molecule has 0 atom stereocenters. The number of aromatic nitrogens is 5. The molecule has 12 nitrogen and oxygen atoms in total. The Morgan fingerprint density at radius 3 is 2.44 bits per heavy atom. The molecule has 0 unspecified atom stereocenters. The highest BCUT2D eigenvalue weighted by Crippen LogP contribution is 2.34. The zero-order valence-corrected chi connectivity index (χ0v) is 26.2. The Hall–Kier alpha value is -3.81. The van der Waals surface area contributed by atoms with Gasteiger partial charge in [0.25, 0.3) is 5.56 Å². The van der Waals surface area contributed by atoms with Crippen LogP contribution in [0, 0.1) is 0 Å². The fourth-order valence-corrected chi connectivity index (χ4v) is 6.77. The molecule has 1 saturated heterocycles. The molecule has 0 radical (unpaired) electrons. The molecular formula is C30H39N7O5S. The van der Waals surface area contributed by atoms with Crippen LogP contribution in [-0.2, 0) is 23.5 Å². The molecule has 43 heavy (non-hydrogen) atoms. The largest absolute Gasteiger partial charge is 0.493 e. The molecule has 0 bridgehead atoms. The first-order valence-corrected chi connectivity index (χ1v) is 16.2. The molecule has 3 aromatic heterocycles. The summed E-state index contributed by atoms with van der Waals surface area (Å²) in [5.74, 6) is 1.59. The number of rotatable bonds is 11. The van der Waals surface area contributed by atoms with Crippen LogP contribution in [-0.4, -0.2) is 88.4 Å². The van der Waals surface area contributed by atoms with E-state index < -0.39 is 10.0 Å². The van der Waals surface area contributed by atoms with Crippen molar-refractivity contribution in [2.75, 3.05) is 46.4 Å². The number of piperazine rings is 1. The maximum Gasteiger partial charge on any atom is 0.280 e. The summed E-state index contributed by atoms with van der Waals surface area (Å²) in [4.78, 5) is 25.8. The number of sulfonamides is 1. The monoisotopic (exact) mass is 609 g/mol. The number of hydrogen-bond acceptors (Lipinski definition) is 9. The van der Waals surface area contributed by atoms with Crippen LogP contribution in [0.2, 0.25) is 0 Å². The number of likely N-dealkylation sites (N-methyl/N-ethyl adjacent to an activating group) is 1.